The number of piperazine rings is 1. The molecule has 7 nitrogen and oxygen atoms in total. The first-order valence-corrected chi connectivity index (χ1v) is 12.1. The number of hydrogen-bond donors (Lipinski definition) is 1. The van der Waals surface area contributed by atoms with Crippen molar-refractivity contribution in [3.8, 4) is 11.6 Å². The van der Waals surface area contributed by atoms with Crippen molar-refractivity contribution >= 4 is 16.8 Å². The SMILES string of the molecule is O=C(Cc1cccc(C(F)(F)F)c1)n1ccc2cc(Oc3cc(CN4C[C@@H]5C[C@H]4CN5)ncn3)ccc21. The number of halogens is 3. The highest BCUT2D eigenvalue weighted by Crippen LogP contribution is 2.30. The fourth-order valence-electron chi connectivity index (χ4n) is 5.21. The standard InChI is InChI=1S/C27H24F3N5O2/c28-27(29,30)19-3-1-2-17(8-19)9-26(36)35-7-6-18-10-23(4-5-24(18)35)37-25-12-21(32-16-33-25)15-34-14-20-11-22(34)13-31-20/h1-8,10,12,16,20,22,31H,9,11,13-15H2/t20-,22-/m0/s1. The van der Waals surface area contributed by atoms with Crippen LogP contribution in [0.25, 0.3) is 10.9 Å². The molecule has 1 N–H and O–H groups in total. The second-order valence-corrected chi connectivity index (χ2v) is 9.55. The zero-order valence-electron chi connectivity index (χ0n) is 19.8. The van der Waals surface area contributed by atoms with E-state index in [0.717, 1.165) is 42.8 Å². The molecule has 2 fully saturated rings. The molecule has 37 heavy (non-hydrogen) atoms. The molecule has 2 aliphatic heterocycles. The molecule has 0 aliphatic carbocycles. The molecular formula is C27H24F3N5O2. The van der Waals surface area contributed by atoms with Crippen LogP contribution in [0.1, 0.15) is 28.0 Å². The number of nitrogens with zero attached hydrogens (tertiary/aromatic N) is 4. The number of aromatic nitrogens is 3. The summed E-state index contributed by atoms with van der Waals surface area (Å²) in [5.41, 5.74) is 1.07. The van der Waals surface area contributed by atoms with Gasteiger partial charge in [0.1, 0.15) is 12.1 Å². The highest BCUT2D eigenvalue weighted by molar-refractivity contribution is 5.94. The van der Waals surface area contributed by atoms with E-state index in [0.29, 0.717) is 34.8 Å². The molecule has 2 aromatic heterocycles. The van der Waals surface area contributed by atoms with Crippen molar-refractivity contribution in [2.24, 2.45) is 0 Å². The Balaban J connectivity index is 1.15. The van der Waals surface area contributed by atoms with Gasteiger partial charge in [-0.05, 0) is 42.3 Å². The summed E-state index contributed by atoms with van der Waals surface area (Å²) in [6, 6.07) is 14.9. The average molecular weight is 508 g/mol. The summed E-state index contributed by atoms with van der Waals surface area (Å²) in [5.74, 6) is 0.672. The Hall–Kier alpha value is -3.76. The molecular weight excluding hydrogens is 483 g/mol. The van der Waals surface area contributed by atoms with Gasteiger partial charge < -0.3 is 10.1 Å². The lowest BCUT2D eigenvalue weighted by Gasteiger charge is -2.26. The summed E-state index contributed by atoms with van der Waals surface area (Å²) >= 11 is 0. The number of carbonyl (C=O) groups is 1. The van der Waals surface area contributed by atoms with Gasteiger partial charge in [0.15, 0.2) is 0 Å². The van der Waals surface area contributed by atoms with E-state index in [-0.39, 0.29) is 12.3 Å². The molecule has 0 radical (unpaired) electrons. The predicted molar refractivity (Wildman–Crippen MR) is 130 cm³/mol. The molecule has 190 valence electrons. The summed E-state index contributed by atoms with van der Waals surface area (Å²) in [6.07, 6.45) is -0.309. The third-order valence-corrected chi connectivity index (χ3v) is 7.00. The molecule has 2 bridgehead atoms. The van der Waals surface area contributed by atoms with Gasteiger partial charge in [0.2, 0.25) is 11.8 Å². The highest BCUT2D eigenvalue weighted by Gasteiger charge is 2.37. The van der Waals surface area contributed by atoms with Crippen LogP contribution in [0, 0.1) is 0 Å². The fraction of sp³-hybridized carbons (Fsp3) is 0.296. The van der Waals surface area contributed by atoms with Gasteiger partial charge in [-0.25, -0.2) is 9.97 Å². The van der Waals surface area contributed by atoms with Gasteiger partial charge in [-0.2, -0.15) is 13.2 Å². The van der Waals surface area contributed by atoms with Crippen LogP contribution in [0.2, 0.25) is 0 Å². The van der Waals surface area contributed by atoms with Crippen molar-refractivity contribution in [3.05, 3.63) is 83.9 Å². The van der Waals surface area contributed by atoms with E-state index in [1.54, 1.807) is 30.5 Å². The molecule has 2 aromatic carbocycles. The maximum Gasteiger partial charge on any atom is 0.416 e. The molecule has 0 amide bonds. The summed E-state index contributed by atoms with van der Waals surface area (Å²) < 4.78 is 46.5. The van der Waals surface area contributed by atoms with Crippen LogP contribution < -0.4 is 10.1 Å². The maximum absolute atomic E-state index is 13.0. The van der Waals surface area contributed by atoms with Crippen LogP contribution in [0.4, 0.5) is 13.2 Å². The lowest BCUT2D eigenvalue weighted by molar-refractivity contribution is -0.137. The van der Waals surface area contributed by atoms with Crippen molar-refractivity contribution in [1.82, 2.24) is 24.8 Å². The zero-order valence-corrected chi connectivity index (χ0v) is 19.8. The molecule has 6 rings (SSSR count). The number of nitrogens with one attached hydrogen (secondary N) is 1. The molecule has 0 spiro atoms. The number of fused-ring (bicyclic) bond motifs is 3. The lowest BCUT2D eigenvalue weighted by atomic mass is 10.1. The van der Waals surface area contributed by atoms with Crippen LogP contribution in [0.3, 0.4) is 0 Å². The Morgan fingerprint density at radius 3 is 2.78 bits per heavy atom. The van der Waals surface area contributed by atoms with E-state index in [1.807, 2.05) is 6.07 Å². The Kier molecular flexibility index (Phi) is 5.92. The molecule has 0 saturated carbocycles. The van der Waals surface area contributed by atoms with E-state index in [2.05, 4.69) is 20.2 Å². The maximum atomic E-state index is 13.0. The Morgan fingerprint density at radius 1 is 1.11 bits per heavy atom. The molecule has 4 aromatic rings. The van der Waals surface area contributed by atoms with Gasteiger partial charge in [0.25, 0.3) is 0 Å². The average Bonchev–Trinajstić information content (AvgIpc) is 3.59. The predicted octanol–water partition coefficient (Wildman–Crippen LogP) is 4.67. The van der Waals surface area contributed by atoms with E-state index < -0.39 is 11.7 Å². The Bertz CT molecular complexity index is 1470. The topological polar surface area (TPSA) is 72.3 Å². The fourth-order valence-corrected chi connectivity index (χ4v) is 5.21. The van der Waals surface area contributed by atoms with Crippen LogP contribution in [0.15, 0.2) is 67.1 Å². The minimum absolute atomic E-state index is 0.148. The van der Waals surface area contributed by atoms with Crippen LogP contribution in [0.5, 0.6) is 11.6 Å². The van der Waals surface area contributed by atoms with E-state index in [9.17, 15) is 18.0 Å². The van der Waals surface area contributed by atoms with E-state index >= 15 is 0 Å². The largest absolute Gasteiger partial charge is 0.439 e. The number of benzene rings is 2. The number of ether oxygens (including phenoxy) is 1. The first-order chi connectivity index (χ1) is 17.8. The van der Waals surface area contributed by atoms with Crippen molar-refractivity contribution in [3.63, 3.8) is 0 Å². The monoisotopic (exact) mass is 507 g/mol. The van der Waals surface area contributed by atoms with E-state index in [1.165, 1.54) is 29.4 Å². The van der Waals surface area contributed by atoms with Gasteiger partial charge in [0.05, 0.1) is 23.2 Å². The lowest BCUT2D eigenvalue weighted by Crippen LogP contribution is -2.43. The first-order valence-electron chi connectivity index (χ1n) is 12.1. The summed E-state index contributed by atoms with van der Waals surface area (Å²) in [6.45, 7) is 2.78. The number of alkyl halides is 3. The molecule has 4 heterocycles. The minimum atomic E-state index is -4.45. The smallest absolute Gasteiger partial charge is 0.416 e. The van der Waals surface area contributed by atoms with Crippen molar-refractivity contribution in [1.29, 1.82) is 0 Å². The Labute approximate surface area is 210 Å². The second kappa shape index (κ2) is 9.28. The third kappa shape index (κ3) is 4.94. The minimum Gasteiger partial charge on any atom is -0.439 e. The van der Waals surface area contributed by atoms with E-state index in [4.69, 9.17) is 4.74 Å². The van der Waals surface area contributed by atoms with Crippen LogP contribution in [-0.4, -0.2) is 50.5 Å². The molecule has 2 saturated heterocycles. The normalized spacial score (nSPS) is 19.5. The van der Waals surface area contributed by atoms with Gasteiger partial charge in [0, 0.05) is 49.4 Å². The number of hydrogen-bond acceptors (Lipinski definition) is 6. The van der Waals surface area contributed by atoms with Gasteiger partial charge in [-0.1, -0.05) is 18.2 Å². The van der Waals surface area contributed by atoms with Crippen molar-refractivity contribution in [2.75, 3.05) is 13.1 Å². The second-order valence-electron chi connectivity index (χ2n) is 9.55. The molecule has 2 aliphatic rings. The van der Waals surface area contributed by atoms with Crippen molar-refractivity contribution in [2.45, 2.75) is 37.6 Å². The van der Waals surface area contributed by atoms with Gasteiger partial charge >= 0.3 is 6.18 Å². The highest BCUT2D eigenvalue weighted by atomic mass is 19.4. The Morgan fingerprint density at radius 2 is 2.00 bits per heavy atom. The third-order valence-electron chi connectivity index (χ3n) is 7.00. The van der Waals surface area contributed by atoms with Gasteiger partial charge in [-0.15, -0.1) is 0 Å². The zero-order chi connectivity index (χ0) is 25.6. The van der Waals surface area contributed by atoms with Crippen LogP contribution in [-0.2, 0) is 19.1 Å². The summed E-state index contributed by atoms with van der Waals surface area (Å²) in [5, 5.41) is 4.26. The summed E-state index contributed by atoms with van der Waals surface area (Å²) in [4.78, 5) is 23.9. The number of carbonyl (C=O) groups excluding carboxylic acids is 1. The molecule has 10 heteroatoms. The first kappa shape index (κ1) is 23.6. The van der Waals surface area contributed by atoms with Gasteiger partial charge in [-0.3, -0.25) is 14.3 Å². The number of likely N-dealkylation sites (tertiary alicyclic amines) is 1. The molecule has 0 unspecified atom stereocenters. The van der Waals surface area contributed by atoms with Crippen LogP contribution >= 0.6 is 0 Å². The molecule has 2 atom stereocenters. The quantitative estimate of drug-likeness (QED) is 0.409. The number of rotatable bonds is 6. The summed E-state index contributed by atoms with van der Waals surface area (Å²) in [7, 11) is 0. The van der Waals surface area contributed by atoms with Crippen molar-refractivity contribution < 1.29 is 22.7 Å².